The molecule has 1 unspecified atom stereocenters. The third-order valence-corrected chi connectivity index (χ3v) is 4.67. The van der Waals surface area contributed by atoms with Crippen LogP contribution in [0.3, 0.4) is 0 Å². The molecule has 0 aliphatic carbocycles. The highest BCUT2D eigenvalue weighted by atomic mass is 32.2. The van der Waals surface area contributed by atoms with Crippen molar-refractivity contribution in [2.45, 2.75) is 22.8 Å². The zero-order chi connectivity index (χ0) is 14.3. The zero-order valence-electron chi connectivity index (χ0n) is 11.5. The normalized spacial score (nSPS) is 13.4. The van der Waals surface area contributed by atoms with E-state index < -0.39 is 9.84 Å². The SMILES string of the molecule is COCC(C)NCCSc1ccc(S(C)(=O)=O)cc1. The van der Waals surface area contributed by atoms with Crippen molar-refractivity contribution in [2.75, 3.05) is 32.3 Å². The van der Waals surface area contributed by atoms with Crippen molar-refractivity contribution >= 4 is 21.6 Å². The van der Waals surface area contributed by atoms with Crippen molar-refractivity contribution in [1.29, 1.82) is 0 Å². The molecule has 0 radical (unpaired) electrons. The lowest BCUT2D eigenvalue weighted by atomic mass is 10.4. The van der Waals surface area contributed by atoms with Crippen LogP contribution in [-0.2, 0) is 14.6 Å². The Labute approximate surface area is 119 Å². The predicted octanol–water partition coefficient (Wildman–Crippen LogP) is 1.81. The summed E-state index contributed by atoms with van der Waals surface area (Å²) < 4.78 is 27.7. The lowest BCUT2D eigenvalue weighted by Crippen LogP contribution is -2.31. The monoisotopic (exact) mass is 303 g/mol. The van der Waals surface area contributed by atoms with Crippen LogP contribution in [0, 0.1) is 0 Å². The number of benzene rings is 1. The molecule has 0 aromatic heterocycles. The lowest BCUT2D eigenvalue weighted by Gasteiger charge is -2.12. The van der Waals surface area contributed by atoms with Crippen LogP contribution in [0.2, 0.25) is 0 Å². The highest BCUT2D eigenvalue weighted by Crippen LogP contribution is 2.19. The van der Waals surface area contributed by atoms with Crippen molar-refractivity contribution < 1.29 is 13.2 Å². The Morgan fingerprint density at radius 2 is 1.95 bits per heavy atom. The van der Waals surface area contributed by atoms with Crippen LogP contribution < -0.4 is 5.32 Å². The minimum absolute atomic E-state index is 0.346. The molecule has 0 fully saturated rings. The summed E-state index contributed by atoms with van der Waals surface area (Å²) in [5, 5.41) is 3.35. The quantitative estimate of drug-likeness (QED) is 0.586. The van der Waals surface area contributed by atoms with E-state index in [-0.39, 0.29) is 0 Å². The molecule has 0 saturated carbocycles. The molecule has 1 N–H and O–H groups in total. The maximum Gasteiger partial charge on any atom is 0.175 e. The molecule has 1 aromatic carbocycles. The third-order valence-electron chi connectivity index (χ3n) is 2.53. The molecular formula is C13H21NO3S2. The van der Waals surface area contributed by atoms with Gasteiger partial charge in [-0.25, -0.2) is 8.42 Å². The molecule has 0 spiro atoms. The van der Waals surface area contributed by atoms with Gasteiger partial charge in [0.2, 0.25) is 0 Å². The first-order valence-electron chi connectivity index (χ1n) is 6.08. The van der Waals surface area contributed by atoms with E-state index in [1.807, 2.05) is 12.1 Å². The van der Waals surface area contributed by atoms with Crippen molar-refractivity contribution in [3.63, 3.8) is 0 Å². The van der Waals surface area contributed by atoms with Gasteiger partial charge in [-0.3, -0.25) is 0 Å². The summed E-state index contributed by atoms with van der Waals surface area (Å²) >= 11 is 1.70. The Hall–Kier alpha value is -0.560. The molecule has 1 aromatic rings. The van der Waals surface area contributed by atoms with E-state index in [0.717, 1.165) is 17.2 Å². The summed E-state index contributed by atoms with van der Waals surface area (Å²) in [6.07, 6.45) is 1.22. The van der Waals surface area contributed by atoms with Gasteiger partial charge in [0.1, 0.15) is 0 Å². The molecule has 0 amide bonds. The summed E-state index contributed by atoms with van der Waals surface area (Å²) in [5.74, 6) is 0.937. The first-order chi connectivity index (χ1) is 8.93. The molecule has 108 valence electrons. The number of rotatable bonds is 8. The average Bonchev–Trinajstić information content (AvgIpc) is 2.34. The molecule has 19 heavy (non-hydrogen) atoms. The first kappa shape index (κ1) is 16.5. The summed E-state index contributed by atoms with van der Waals surface area (Å²) in [6.45, 7) is 3.67. The number of hydrogen-bond acceptors (Lipinski definition) is 5. The molecule has 0 aliphatic heterocycles. The van der Waals surface area contributed by atoms with Gasteiger partial charge in [0.05, 0.1) is 11.5 Å². The topological polar surface area (TPSA) is 55.4 Å². The maximum absolute atomic E-state index is 11.3. The highest BCUT2D eigenvalue weighted by molar-refractivity contribution is 7.99. The third kappa shape index (κ3) is 6.42. The summed E-state index contributed by atoms with van der Waals surface area (Å²) in [7, 11) is -1.41. The molecule has 0 bridgehead atoms. The molecule has 1 atom stereocenters. The van der Waals surface area contributed by atoms with Crippen LogP contribution in [-0.4, -0.2) is 46.7 Å². The molecule has 0 saturated heterocycles. The van der Waals surface area contributed by atoms with Crippen molar-refractivity contribution in [3.05, 3.63) is 24.3 Å². The number of sulfone groups is 1. The van der Waals surface area contributed by atoms with Crippen molar-refractivity contribution in [3.8, 4) is 0 Å². The fourth-order valence-electron chi connectivity index (χ4n) is 1.57. The van der Waals surface area contributed by atoms with Gasteiger partial charge in [-0.15, -0.1) is 11.8 Å². The van der Waals surface area contributed by atoms with Crippen molar-refractivity contribution in [2.24, 2.45) is 0 Å². The largest absolute Gasteiger partial charge is 0.383 e. The fourth-order valence-corrected chi connectivity index (χ4v) is 2.98. The van der Waals surface area contributed by atoms with Crippen LogP contribution in [0.5, 0.6) is 0 Å². The summed E-state index contributed by atoms with van der Waals surface area (Å²) in [5.41, 5.74) is 0. The van der Waals surface area contributed by atoms with Gasteiger partial charge in [-0.1, -0.05) is 0 Å². The van der Waals surface area contributed by atoms with Crippen LogP contribution in [0.4, 0.5) is 0 Å². The van der Waals surface area contributed by atoms with Crippen LogP contribution in [0.25, 0.3) is 0 Å². The standard InChI is InChI=1S/C13H21NO3S2/c1-11(10-17-2)14-8-9-18-12-4-6-13(7-5-12)19(3,15)16/h4-7,11,14H,8-10H2,1-3H3. The van der Waals surface area contributed by atoms with E-state index in [1.165, 1.54) is 6.26 Å². The van der Waals surface area contributed by atoms with E-state index in [9.17, 15) is 8.42 Å². The Balaban J connectivity index is 2.35. The average molecular weight is 303 g/mol. The number of thioether (sulfide) groups is 1. The summed E-state index contributed by atoms with van der Waals surface area (Å²) in [6, 6.07) is 7.34. The Morgan fingerprint density at radius 1 is 1.32 bits per heavy atom. The van der Waals surface area contributed by atoms with Gasteiger partial charge in [-0.05, 0) is 31.2 Å². The van der Waals surface area contributed by atoms with E-state index in [1.54, 1.807) is 31.0 Å². The van der Waals surface area contributed by atoms with Gasteiger partial charge in [-0.2, -0.15) is 0 Å². The minimum atomic E-state index is -3.10. The molecule has 4 nitrogen and oxygen atoms in total. The predicted molar refractivity (Wildman–Crippen MR) is 79.6 cm³/mol. The smallest absolute Gasteiger partial charge is 0.175 e. The number of hydrogen-bond donors (Lipinski definition) is 1. The molecule has 0 heterocycles. The maximum atomic E-state index is 11.3. The number of ether oxygens (including phenoxy) is 1. The van der Waals surface area contributed by atoms with E-state index in [4.69, 9.17) is 4.74 Å². The second-order valence-corrected chi connectivity index (χ2v) is 7.59. The van der Waals surface area contributed by atoms with Gasteiger partial charge in [0, 0.05) is 36.6 Å². The van der Waals surface area contributed by atoms with E-state index in [2.05, 4.69) is 12.2 Å². The molecule has 0 aliphatic rings. The van der Waals surface area contributed by atoms with Crippen LogP contribution >= 0.6 is 11.8 Å². The van der Waals surface area contributed by atoms with E-state index >= 15 is 0 Å². The van der Waals surface area contributed by atoms with Gasteiger partial charge < -0.3 is 10.1 Å². The minimum Gasteiger partial charge on any atom is -0.383 e. The highest BCUT2D eigenvalue weighted by Gasteiger charge is 2.06. The Kier molecular flexibility index (Phi) is 6.85. The Bertz CT molecular complexity index is 471. The van der Waals surface area contributed by atoms with Gasteiger partial charge in [0.25, 0.3) is 0 Å². The number of methoxy groups -OCH3 is 1. The summed E-state index contributed by atoms with van der Waals surface area (Å²) in [4.78, 5) is 1.44. The second-order valence-electron chi connectivity index (χ2n) is 4.40. The van der Waals surface area contributed by atoms with E-state index in [0.29, 0.717) is 17.5 Å². The van der Waals surface area contributed by atoms with Crippen LogP contribution in [0.15, 0.2) is 34.1 Å². The van der Waals surface area contributed by atoms with Gasteiger partial charge >= 0.3 is 0 Å². The van der Waals surface area contributed by atoms with Crippen LogP contribution in [0.1, 0.15) is 6.92 Å². The number of nitrogens with one attached hydrogen (secondary N) is 1. The van der Waals surface area contributed by atoms with Crippen molar-refractivity contribution in [1.82, 2.24) is 5.32 Å². The molecule has 1 rings (SSSR count). The Morgan fingerprint density at radius 3 is 2.47 bits per heavy atom. The molecular weight excluding hydrogens is 282 g/mol. The van der Waals surface area contributed by atoms with Gasteiger partial charge in [0.15, 0.2) is 9.84 Å². The fraction of sp³-hybridized carbons (Fsp3) is 0.538. The zero-order valence-corrected chi connectivity index (χ0v) is 13.2. The molecule has 6 heteroatoms. The first-order valence-corrected chi connectivity index (χ1v) is 8.96. The lowest BCUT2D eigenvalue weighted by molar-refractivity contribution is 0.173. The second kappa shape index (κ2) is 7.89.